The number of fused-ring (bicyclic) bond motifs is 3. The number of aliphatic carboxylic acids is 1. The van der Waals surface area contributed by atoms with Gasteiger partial charge in [-0.1, -0.05) is 61.2 Å². The van der Waals surface area contributed by atoms with Gasteiger partial charge in [-0.25, -0.2) is 14.4 Å². The van der Waals surface area contributed by atoms with Gasteiger partial charge in [0, 0.05) is 25.6 Å². The van der Waals surface area contributed by atoms with Crippen molar-refractivity contribution >= 4 is 24.2 Å². The summed E-state index contributed by atoms with van der Waals surface area (Å²) in [6, 6.07) is 15.7. The van der Waals surface area contributed by atoms with E-state index in [-0.39, 0.29) is 19.1 Å². The van der Waals surface area contributed by atoms with Gasteiger partial charge >= 0.3 is 24.2 Å². The number of carbonyl (C=O) groups is 4. The van der Waals surface area contributed by atoms with Crippen LogP contribution in [0.3, 0.4) is 0 Å². The van der Waals surface area contributed by atoms with Gasteiger partial charge < -0.3 is 35.3 Å². The third-order valence-corrected chi connectivity index (χ3v) is 6.24. The molecule has 1 atom stereocenters. The number of rotatable bonds is 11. The predicted molar refractivity (Wildman–Crippen MR) is 147 cm³/mol. The van der Waals surface area contributed by atoms with E-state index in [1.54, 1.807) is 20.8 Å². The van der Waals surface area contributed by atoms with Crippen LogP contribution < -0.4 is 16.0 Å². The molecule has 0 radical (unpaired) electrons. The summed E-state index contributed by atoms with van der Waals surface area (Å²) >= 11 is 0. The summed E-state index contributed by atoms with van der Waals surface area (Å²) < 4.78 is 15.6. The summed E-state index contributed by atoms with van der Waals surface area (Å²) in [5.41, 5.74) is 1.53. The molecule has 3 amide bonds. The summed E-state index contributed by atoms with van der Waals surface area (Å²) in [7, 11) is 0. The Bertz CT molecular complexity index is 1210. The molecule has 11 heteroatoms. The number of carbonyl (C=O) groups excluding carboxylic acids is 3. The largest absolute Gasteiger partial charge is 0.481 e. The first kappa shape index (κ1) is 30.0. The molecular formula is C29H35N3O8. The lowest BCUT2D eigenvalue weighted by atomic mass is 9.87. The molecule has 0 aromatic heterocycles. The van der Waals surface area contributed by atoms with Crippen molar-refractivity contribution in [2.45, 2.75) is 32.3 Å². The average molecular weight is 554 g/mol. The van der Waals surface area contributed by atoms with Crippen LogP contribution in [-0.4, -0.2) is 67.8 Å². The van der Waals surface area contributed by atoms with Crippen molar-refractivity contribution in [3.8, 4) is 11.1 Å². The highest BCUT2D eigenvalue weighted by Crippen LogP contribution is 2.44. The number of carboxylic acid groups (broad SMARTS) is 1. The summed E-state index contributed by atoms with van der Waals surface area (Å²) in [4.78, 5) is 49.4. The lowest BCUT2D eigenvalue weighted by molar-refractivity contribution is -0.148. The minimum atomic E-state index is -1.85. The Hall–Kier alpha value is -4.54. The van der Waals surface area contributed by atoms with Crippen LogP contribution in [0.5, 0.6) is 0 Å². The average Bonchev–Trinajstić information content (AvgIpc) is 3.23. The minimum absolute atomic E-state index is 0.0300. The molecule has 1 aliphatic rings. The van der Waals surface area contributed by atoms with Gasteiger partial charge in [0.15, 0.2) is 0 Å². The Labute approximate surface area is 232 Å². The highest BCUT2D eigenvalue weighted by Gasteiger charge is 2.41. The van der Waals surface area contributed by atoms with E-state index in [0.29, 0.717) is 0 Å². The molecule has 40 heavy (non-hydrogen) atoms. The lowest BCUT2D eigenvalue weighted by Gasteiger charge is -2.30. The van der Waals surface area contributed by atoms with Gasteiger partial charge in [-0.3, -0.25) is 4.79 Å². The molecular weight excluding hydrogens is 518 g/mol. The molecule has 11 nitrogen and oxygen atoms in total. The number of hydrogen-bond donors (Lipinski definition) is 4. The smallest absolute Gasteiger partial charge is 0.407 e. The second-order valence-corrected chi connectivity index (χ2v) is 10.4. The Morgan fingerprint density at radius 2 is 1.30 bits per heavy atom. The van der Waals surface area contributed by atoms with Gasteiger partial charge in [0.05, 0.1) is 0 Å². The molecule has 3 rings (SSSR count). The Morgan fingerprint density at radius 1 is 0.825 bits per heavy atom. The van der Waals surface area contributed by atoms with Gasteiger partial charge in [0.1, 0.15) is 24.2 Å². The first-order valence-corrected chi connectivity index (χ1v) is 12.8. The zero-order valence-electron chi connectivity index (χ0n) is 22.8. The maximum atomic E-state index is 12.7. The summed E-state index contributed by atoms with van der Waals surface area (Å²) in [5.74, 6) is -1.57. The molecule has 0 saturated carbocycles. The molecule has 1 unspecified atom stereocenters. The van der Waals surface area contributed by atoms with E-state index in [4.69, 9.17) is 14.2 Å². The van der Waals surface area contributed by atoms with Crippen molar-refractivity contribution in [3.63, 3.8) is 0 Å². The van der Waals surface area contributed by atoms with E-state index in [1.165, 1.54) is 6.08 Å². The van der Waals surface area contributed by atoms with Gasteiger partial charge in [-0.05, 0) is 43.0 Å². The third-order valence-electron chi connectivity index (χ3n) is 6.24. The summed E-state index contributed by atoms with van der Waals surface area (Å²) in [6.07, 6.45) is -1.23. The first-order chi connectivity index (χ1) is 19.0. The van der Waals surface area contributed by atoms with Crippen LogP contribution in [0, 0.1) is 5.41 Å². The zero-order chi connectivity index (χ0) is 29.3. The second-order valence-electron chi connectivity index (χ2n) is 10.4. The van der Waals surface area contributed by atoms with E-state index in [0.717, 1.165) is 22.3 Å². The molecule has 2 aromatic carbocycles. The van der Waals surface area contributed by atoms with E-state index >= 15 is 0 Å². The number of hydrogen-bond acceptors (Lipinski definition) is 7. The van der Waals surface area contributed by atoms with E-state index in [1.807, 2.05) is 48.5 Å². The number of nitrogens with one attached hydrogen (secondary N) is 3. The SMILES string of the molecule is C=CCOC(=O)NCC(CNC(=O)OCC1c2ccccc2-c2ccccc21)(CNC(=O)OC(C)(C)C)C(=O)O. The molecule has 0 bridgehead atoms. The minimum Gasteiger partial charge on any atom is -0.481 e. The van der Waals surface area contributed by atoms with E-state index < -0.39 is 54.9 Å². The maximum absolute atomic E-state index is 12.7. The van der Waals surface area contributed by atoms with Crippen molar-refractivity contribution in [1.82, 2.24) is 16.0 Å². The molecule has 0 aliphatic heterocycles. The standard InChI is InChI=1S/C29H35N3O8/c1-5-14-38-25(35)30-16-29(24(33)34,18-32-27(37)40-28(2,3)4)17-31-26(36)39-15-23-21-12-8-6-10-19(21)20-11-7-9-13-22(20)23/h5-13,23H,1,14-18H2,2-4H3,(H,30,35)(H,31,36)(H,32,37)(H,33,34). The number of carboxylic acids is 1. The van der Waals surface area contributed by atoms with E-state index in [9.17, 15) is 24.3 Å². The van der Waals surface area contributed by atoms with Crippen molar-refractivity contribution in [1.29, 1.82) is 0 Å². The maximum Gasteiger partial charge on any atom is 0.407 e. The fourth-order valence-electron chi connectivity index (χ4n) is 4.29. The fraction of sp³-hybridized carbons (Fsp3) is 0.379. The molecule has 0 spiro atoms. The number of amides is 3. The van der Waals surface area contributed by atoms with Crippen LogP contribution >= 0.6 is 0 Å². The van der Waals surface area contributed by atoms with Crippen LogP contribution in [0.1, 0.15) is 37.8 Å². The van der Waals surface area contributed by atoms with Gasteiger partial charge in [-0.15, -0.1) is 0 Å². The lowest BCUT2D eigenvalue weighted by Crippen LogP contribution is -2.56. The molecule has 4 N–H and O–H groups in total. The van der Waals surface area contributed by atoms with Crippen LogP contribution in [-0.2, 0) is 19.0 Å². The van der Waals surface area contributed by atoms with Crippen molar-refractivity contribution in [3.05, 3.63) is 72.3 Å². The molecule has 0 saturated heterocycles. The fourth-order valence-corrected chi connectivity index (χ4v) is 4.29. The number of ether oxygens (including phenoxy) is 3. The van der Waals surface area contributed by atoms with Crippen molar-refractivity contribution < 1.29 is 38.5 Å². The first-order valence-electron chi connectivity index (χ1n) is 12.8. The molecule has 0 heterocycles. The highest BCUT2D eigenvalue weighted by molar-refractivity contribution is 5.80. The topological polar surface area (TPSA) is 152 Å². The quantitative estimate of drug-likeness (QED) is 0.240. The van der Waals surface area contributed by atoms with Crippen LogP contribution in [0.4, 0.5) is 14.4 Å². The Balaban J connectivity index is 1.68. The van der Waals surface area contributed by atoms with Gasteiger partial charge in [0.25, 0.3) is 0 Å². The molecule has 0 fully saturated rings. The van der Waals surface area contributed by atoms with Crippen molar-refractivity contribution in [2.75, 3.05) is 32.8 Å². The monoisotopic (exact) mass is 553 g/mol. The Kier molecular flexibility index (Phi) is 9.76. The molecule has 1 aliphatic carbocycles. The predicted octanol–water partition coefficient (Wildman–Crippen LogP) is 4.03. The van der Waals surface area contributed by atoms with Gasteiger partial charge in [0.2, 0.25) is 0 Å². The van der Waals surface area contributed by atoms with Crippen molar-refractivity contribution in [2.24, 2.45) is 5.41 Å². The third kappa shape index (κ3) is 7.75. The second kappa shape index (κ2) is 13.0. The highest BCUT2D eigenvalue weighted by atomic mass is 16.6. The van der Waals surface area contributed by atoms with Gasteiger partial charge in [-0.2, -0.15) is 0 Å². The van der Waals surface area contributed by atoms with Crippen LogP contribution in [0.15, 0.2) is 61.2 Å². The normalized spacial score (nSPS) is 13.6. The molecule has 2 aromatic rings. The van der Waals surface area contributed by atoms with Crippen LogP contribution in [0.25, 0.3) is 11.1 Å². The summed E-state index contributed by atoms with van der Waals surface area (Å²) in [6.45, 7) is 6.95. The Morgan fingerprint density at radius 3 is 1.77 bits per heavy atom. The van der Waals surface area contributed by atoms with E-state index in [2.05, 4.69) is 22.5 Å². The molecule has 214 valence electrons. The van der Waals surface area contributed by atoms with Crippen LogP contribution in [0.2, 0.25) is 0 Å². The number of alkyl carbamates (subject to hydrolysis) is 3. The zero-order valence-corrected chi connectivity index (χ0v) is 22.8. The summed E-state index contributed by atoms with van der Waals surface area (Å²) in [5, 5.41) is 17.3. The number of benzene rings is 2.